The molecule has 0 atom stereocenters. The average molecular weight is 500 g/mol. The highest BCUT2D eigenvalue weighted by Gasteiger charge is 2.18. The number of para-hydroxylation sites is 2. The van der Waals surface area contributed by atoms with Gasteiger partial charge in [-0.25, -0.2) is 0 Å². The van der Waals surface area contributed by atoms with Crippen molar-refractivity contribution in [3.05, 3.63) is 139 Å². The Labute approximate surface area is 226 Å². The van der Waals surface area contributed by atoms with Crippen LogP contribution in [0.25, 0.3) is 71.7 Å². The first-order valence-electron chi connectivity index (χ1n) is 13.4. The Morgan fingerprint density at radius 3 is 1.95 bits per heavy atom. The largest absolute Gasteiger partial charge is 0.456 e. The smallest absolute Gasteiger partial charge is 0.137 e. The molecule has 2 aromatic heterocycles. The number of fused-ring (bicyclic) bond motifs is 6. The van der Waals surface area contributed by atoms with E-state index in [1.54, 1.807) is 0 Å². The van der Waals surface area contributed by atoms with Crippen LogP contribution in [0, 0.1) is 6.92 Å². The van der Waals surface area contributed by atoms with E-state index in [2.05, 4.69) is 133 Å². The molecule has 0 saturated heterocycles. The molecule has 0 saturated carbocycles. The second-order valence-electron chi connectivity index (χ2n) is 10.3. The number of aromatic nitrogens is 1. The van der Waals surface area contributed by atoms with E-state index < -0.39 is 0 Å². The van der Waals surface area contributed by atoms with Crippen molar-refractivity contribution in [2.45, 2.75) is 6.92 Å². The lowest BCUT2D eigenvalue weighted by atomic mass is 9.97. The van der Waals surface area contributed by atoms with E-state index in [1.165, 1.54) is 49.6 Å². The van der Waals surface area contributed by atoms with E-state index in [0.717, 1.165) is 27.6 Å². The van der Waals surface area contributed by atoms with Gasteiger partial charge in [0.25, 0.3) is 0 Å². The van der Waals surface area contributed by atoms with E-state index >= 15 is 0 Å². The van der Waals surface area contributed by atoms with Crippen LogP contribution in [0.15, 0.2) is 138 Å². The Hall–Kier alpha value is -5.08. The van der Waals surface area contributed by atoms with Crippen LogP contribution in [0.2, 0.25) is 0 Å². The molecule has 8 aromatic rings. The van der Waals surface area contributed by atoms with Gasteiger partial charge in [-0.3, -0.25) is 0 Å². The summed E-state index contributed by atoms with van der Waals surface area (Å²) in [4.78, 5) is 0. The molecule has 0 aliphatic carbocycles. The molecular weight excluding hydrogens is 474 g/mol. The Bertz CT molecular complexity index is 2190. The maximum absolute atomic E-state index is 6.23. The third-order valence-electron chi connectivity index (χ3n) is 7.84. The van der Waals surface area contributed by atoms with Crippen LogP contribution in [0.3, 0.4) is 0 Å². The number of aryl methyl sites for hydroxylation is 1. The van der Waals surface area contributed by atoms with Crippen LogP contribution in [-0.4, -0.2) is 4.57 Å². The minimum atomic E-state index is 0.907. The number of rotatable bonds is 3. The Kier molecular flexibility index (Phi) is 4.77. The van der Waals surface area contributed by atoms with Crippen LogP contribution in [0.5, 0.6) is 0 Å². The second-order valence-corrected chi connectivity index (χ2v) is 10.3. The third kappa shape index (κ3) is 3.42. The van der Waals surface area contributed by atoms with Crippen molar-refractivity contribution < 1.29 is 4.42 Å². The zero-order chi connectivity index (χ0) is 25.9. The second kappa shape index (κ2) is 8.47. The fourth-order valence-electron chi connectivity index (χ4n) is 6.06. The summed E-state index contributed by atoms with van der Waals surface area (Å²) in [5.74, 6) is 0. The summed E-state index contributed by atoms with van der Waals surface area (Å²) in [5, 5.41) is 4.77. The minimum absolute atomic E-state index is 0.907. The van der Waals surface area contributed by atoms with E-state index in [0.29, 0.717) is 0 Å². The van der Waals surface area contributed by atoms with Gasteiger partial charge in [0, 0.05) is 16.2 Å². The third-order valence-corrected chi connectivity index (χ3v) is 7.84. The molecule has 2 heteroatoms. The predicted molar refractivity (Wildman–Crippen MR) is 164 cm³/mol. The number of hydrogen-bond donors (Lipinski definition) is 0. The number of nitrogens with zero attached hydrogens (tertiary/aromatic N) is 1. The summed E-state index contributed by atoms with van der Waals surface area (Å²) in [5.41, 5.74) is 11.5. The Morgan fingerprint density at radius 2 is 1.10 bits per heavy atom. The molecule has 0 radical (unpaired) electrons. The zero-order valence-corrected chi connectivity index (χ0v) is 21.6. The van der Waals surface area contributed by atoms with E-state index in [-0.39, 0.29) is 0 Å². The molecule has 0 aliphatic rings. The van der Waals surface area contributed by atoms with Crippen molar-refractivity contribution in [3.8, 4) is 27.9 Å². The van der Waals surface area contributed by atoms with Crippen molar-refractivity contribution >= 4 is 43.7 Å². The summed E-state index contributed by atoms with van der Waals surface area (Å²) in [6, 6.07) is 47.8. The minimum Gasteiger partial charge on any atom is -0.456 e. The predicted octanol–water partition coefficient (Wildman–Crippen LogP) is 10.3. The summed E-state index contributed by atoms with van der Waals surface area (Å²) >= 11 is 0. The normalized spacial score (nSPS) is 11.7. The molecule has 0 fully saturated rings. The Morgan fingerprint density at radius 1 is 0.462 bits per heavy atom. The Balaban J connectivity index is 1.37. The van der Waals surface area contributed by atoms with Crippen LogP contribution in [0.1, 0.15) is 5.56 Å². The molecule has 2 nitrogen and oxygen atoms in total. The lowest BCUT2D eigenvalue weighted by Crippen LogP contribution is -1.94. The van der Waals surface area contributed by atoms with Crippen molar-refractivity contribution in [1.29, 1.82) is 0 Å². The molecule has 8 rings (SSSR count). The molecule has 0 N–H and O–H groups in total. The molecule has 184 valence electrons. The fraction of sp³-hybridized carbons (Fsp3) is 0.0270. The molecular formula is C37H25NO. The maximum Gasteiger partial charge on any atom is 0.137 e. The molecule has 39 heavy (non-hydrogen) atoms. The molecule has 0 amide bonds. The average Bonchev–Trinajstić information content (AvgIpc) is 3.53. The first-order chi connectivity index (χ1) is 19.2. The van der Waals surface area contributed by atoms with Gasteiger partial charge in [-0.05, 0) is 71.6 Å². The highest BCUT2D eigenvalue weighted by atomic mass is 16.3. The van der Waals surface area contributed by atoms with Gasteiger partial charge in [-0.1, -0.05) is 96.6 Å². The van der Waals surface area contributed by atoms with Gasteiger partial charge in [-0.15, -0.1) is 0 Å². The number of furan rings is 1. The summed E-state index contributed by atoms with van der Waals surface area (Å²) in [6.45, 7) is 2.14. The van der Waals surface area contributed by atoms with Crippen molar-refractivity contribution in [2.75, 3.05) is 0 Å². The zero-order valence-electron chi connectivity index (χ0n) is 21.6. The molecule has 0 unspecified atom stereocenters. The molecule has 6 aromatic carbocycles. The van der Waals surface area contributed by atoms with Gasteiger partial charge >= 0.3 is 0 Å². The van der Waals surface area contributed by atoms with Crippen LogP contribution < -0.4 is 0 Å². The lowest BCUT2D eigenvalue weighted by Gasteiger charge is -2.10. The number of hydrogen-bond acceptors (Lipinski definition) is 1. The van der Waals surface area contributed by atoms with Crippen LogP contribution in [0.4, 0.5) is 0 Å². The molecule has 0 aliphatic heterocycles. The van der Waals surface area contributed by atoms with Gasteiger partial charge in [0.15, 0.2) is 0 Å². The van der Waals surface area contributed by atoms with E-state index in [4.69, 9.17) is 4.42 Å². The summed E-state index contributed by atoms with van der Waals surface area (Å²) in [7, 11) is 0. The highest BCUT2D eigenvalue weighted by Crippen LogP contribution is 2.39. The van der Waals surface area contributed by atoms with Gasteiger partial charge in [0.2, 0.25) is 0 Å². The summed E-state index contributed by atoms with van der Waals surface area (Å²) < 4.78 is 8.62. The SMILES string of the molecule is Cc1cccc(-c2cccc(-c3ccc4c(c3)c3ccccc3n4-c3cccc4oc5ccccc5c34)c2)c1. The van der Waals surface area contributed by atoms with Crippen LogP contribution in [-0.2, 0) is 0 Å². The maximum atomic E-state index is 6.23. The first kappa shape index (κ1) is 22.0. The van der Waals surface area contributed by atoms with Crippen molar-refractivity contribution in [3.63, 3.8) is 0 Å². The monoisotopic (exact) mass is 499 g/mol. The standard InChI is InChI=1S/C37H25NO/c1-24-9-6-10-25(21-24)26-11-7-12-27(22-26)28-19-20-33-31(23-28)29-13-2-4-15-32(29)38(33)34-16-8-18-36-37(34)30-14-3-5-17-35(30)39-36/h2-23H,1H3. The van der Waals surface area contributed by atoms with E-state index in [9.17, 15) is 0 Å². The lowest BCUT2D eigenvalue weighted by molar-refractivity contribution is 0.669. The molecule has 0 spiro atoms. The topological polar surface area (TPSA) is 18.1 Å². The summed E-state index contributed by atoms with van der Waals surface area (Å²) in [6.07, 6.45) is 0. The molecule has 2 heterocycles. The first-order valence-corrected chi connectivity index (χ1v) is 13.4. The highest BCUT2D eigenvalue weighted by molar-refractivity contribution is 6.14. The van der Waals surface area contributed by atoms with Crippen molar-refractivity contribution in [2.24, 2.45) is 0 Å². The molecule has 0 bridgehead atoms. The van der Waals surface area contributed by atoms with Gasteiger partial charge in [0.1, 0.15) is 11.2 Å². The fourth-order valence-corrected chi connectivity index (χ4v) is 6.06. The van der Waals surface area contributed by atoms with Gasteiger partial charge < -0.3 is 8.98 Å². The van der Waals surface area contributed by atoms with Gasteiger partial charge in [-0.2, -0.15) is 0 Å². The van der Waals surface area contributed by atoms with E-state index in [1.807, 2.05) is 12.1 Å². The number of benzene rings is 6. The van der Waals surface area contributed by atoms with Crippen LogP contribution >= 0.6 is 0 Å². The van der Waals surface area contributed by atoms with Crippen molar-refractivity contribution in [1.82, 2.24) is 4.57 Å². The quantitative estimate of drug-likeness (QED) is 0.236. The van der Waals surface area contributed by atoms with Gasteiger partial charge in [0.05, 0.1) is 22.1 Å².